The first-order valence-corrected chi connectivity index (χ1v) is 5.55. The van der Waals surface area contributed by atoms with E-state index in [1.165, 1.54) is 4.68 Å². The van der Waals surface area contributed by atoms with Crippen molar-refractivity contribution in [2.24, 2.45) is 0 Å². The molecule has 0 atom stereocenters. The second-order valence-corrected chi connectivity index (χ2v) is 4.12. The Morgan fingerprint density at radius 3 is 3.00 bits per heavy atom. The van der Waals surface area contributed by atoms with E-state index >= 15 is 0 Å². The Morgan fingerprint density at radius 1 is 1.65 bits per heavy atom. The molecule has 0 aliphatic carbocycles. The molecule has 0 aliphatic heterocycles. The van der Waals surface area contributed by atoms with E-state index in [4.69, 9.17) is 15.5 Å². The maximum Gasteiger partial charge on any atom is 0.313 e. The smallest absolute Gasteiger partial charge is 0.313 e. The topological polar surface area (TPSA) is 120 Å². The summed E-state index contributed by atoms with van der Waals surface area (Å²) in [5, 5.41) is 20.2. The van der Waals surface area contributed by atoms with Gasteiger partial charge in [0.05, 0.1) is 5.75 Å². The number of nitrogens with zero attached hydrogens (tertiary/aromatic N) is 4. The Labute approximate surface area is 99.8 Å². The molecule has 0 amide bonds. The van der Waals surface area contributed by atoms with Gasteiger partial charge in [0.2, 0.25) is 11.0 Å². The molecule has 2 aromatic heterocycles. The summed E-state index contributed by atoms with van der Waals surface area (Å²) in [5.74, 6) is 5.60. The Hall–Kier alpha value is -2.03. The average molecular weight is 255 g/mol. The van der Waals surface area contributed by atoms with E-state index in [-0.39, 0.29) is 5.75 Å². The third kappa shape index (κ3) is 2.38. The van der Waals surface area contributed by atoms with Crippen LogP contribution in [0.3, 0.4) is 0 Å². The fourth-order valence-electron chi connectivity index (χ4n) is 1.15. The van der Waals surface area contributed by atoms with Crippen LogP contribution in [0.5, 0.6) is 0 Å². The SMILES string of the molecule is Cc1cc(-c2nnc(SCC(=O)O)n2N)no1. The van der Waals surface area contributed by atoms with Crippen molar-refractivity contribution in [2.75, 3.05) is 11.6 Å². The van der Waals surface area contributed by atoms with Crippen LogP contribution in [-0.4, -0.2) is 36.9 Å². The molecule has 0 fully saturated rings. The molecule has 8 nitrogen and oxygen atoms in total. The fourth-order valence-corrected chi connectivity index (χ4v) is 1.72. The van der Waals surface area contributed by atoms with Gasteiger partial charge in [-0.2, -0.15) is 0 Å². The molecule has 17 heavy (non-hydrogen) atoms. The summed E-state index contributed by atoms with van der Waals surface area (Å²) in [6.45, 7) is 1.74. The number of carboxylic acid groups (broad SMARTS) is 1. The van der Waals surface area contributed by atoms with Gasteiger partial charge in [-0.25, -0.2) is 4.68 Å². The summed E-state index contributed by atoms with van der Waals surface area (Å²) < 4.78 is 6.08. The second-order valence-electron chi connectivity index (χ2n) is 3.18. The molecule has 0 aliphatic rings. The van der Waals surface area contributed by atoms with Crippen molar-refractivity contribution in [1.82, 2.24) is 20.0 Å². The van der Waals surface area contributed by atoms with Gasteiger partial charge >= 0.3 is 5.97 Å². The van der Waals surface area contributed by atoms with Crippen LogP contribution < -0.4 is 5.84 Å². The molecule has 0 unspecified atom stereocenters. The third-order valence-corrected chi connectivity index (χ3v) is 2.77. The van der Waals surface area contributed by atoms with Crippen LogP contribution in [-0.2, 0) is 4.79 Å². The predicted octanol–water partition coefficient (Wildman–Crippen LogP) is 0.132. The Kier molecular flexibility index (Phi) is 3.00. The van der Waals surface area contributed by atoms with E-state index in [0.29, 0.717) is 22.4 Å². The van der Waals surface area contributed by atoms with E-state index in [0.717, 1.165) is 11.8 Å². The molecule has 0 spiro atoms. The third-order valence-electron chi connectivity index (χ3n) is 1.85. The zero-order valence-electron chi connectivity index (χ0n) is 8.82. The standard InChI is InChI=1S/C8H9N5O3S/c1-4-2-5(12-16-4)7-10-11-8(13(7)9)17-3-6(14)15/h2H,3,9H2,1H3,(H,14,15). The Balaban J connectivity index is 2.23. The largest absolute Gasteiger partial charge is 0.481 e. The highest BCUT2D eigenvalue weighted by atomic mass is 32.2. The first-order valence-electron chi connectivity index (χ1n) is 4.56. The molecular formula is C8H9N5O3S. The number of aryl methyl sites for hydroxylation is 1. The lowest BCUT2D eigenvalue weighted by Crippen LogP contribution is -2.12. The van der Waals surface area contributed by atoms with Gasteiger partial charge in [-0.15, -0.1) is 10.2 Å². The lowest BCUT2D eigenvalue weighted by atomic mass is 10.4. The quantitative estimate of drug-likeness (QED) is 0.584. The van der Waals surface area contributed by atoms with E-state index in [9.17, 15) is 4.79 Å². The Bertz CT molecular complexity index is 549. The molecule has 90 valence electrons. The summed E-state index contributed by atoms with van der Waals surface area (Å²) in [6, 6.07) is 1.67. The Morgan fingerprint density at radius 2 is 2.41 bits per heavy atom. The van der Waals surface area contributed by atoms with Crippen molar-refractivity contribution in [1.29, 1.82) is 0 Å². The second kappa shape index (κ2) is 4.45. The average Bonchev–Trinajstić information content (AvgIpc) is 2.82. The number of thioether (sulfide) groups is 1. The van der Waals surface area contributed by atoms with Crippen LogP contribution in [0.2, 0.25) is 0 Å². The van der Waals surface area contributed by atoms with E-state index < -0.39 is 5.97 Å². The maximum atomic E-state index is 10.4. The lowest BCUT2D eigenvalue weighted by molar-refractivity contribution is -0.133. The molecule has 9 heteroatoms. The fraction of sp³-hybridized carbons (Fsp3) is 0.250. The van der Waals surface area contributed by atoms with Gasteiger partial charge in [0.25, 0.3) is 0 Å². The molecule has 0 saturated carbocycles. The van der Waals surface area contributed by atoms with Gasteiger partial charge in [0.15, 0.2) is 5.69 Å². The molecular weight excluding hydrogens is 246 g/mol. The van der Waals surface area contributed by atoms with Crippen LogP contribution in [0.15, 0.2) is 15.7 Å². The van der Waals surface area contributed by atoms with Gasteiger partial charge in [0.1, 0.15) is 5.76 Å². The van der Waals surface area contributed by atoms with E-state index in [1.54, 1.807) is 13.0 Å². The summed E-state index contributed by atoms with van der Waals surface area (Å²) in [7, 11) is 0. The summed E-state index contributed by atoms with van der Waals surface area (Å²) in [4.78, 5) is 10.4. The minimum atomic E-state index is -0.947. The molecule has 2 heterocycles. The number of aliphatic carboxylic acids is 1. The van der Waals surface area contributed by atoms with Crippen molar-refractivity contribution in [3.05, 3.63) is 11.8 Å². The monoisotopic (exact) mass is 255 g/mol. The van der Waals surface area contributed by atoms with Gasteiger partial charge in [-0.3, -0.25) is 4.79 Å². The number of nitrogens with two attached hydrogens (primary N) is 1. The number of aromatic nitrogens is 4. The lowest BCUT2D eigenvalue weighted by Gasteiger charge is -1.99. The van der Waals surface area contributed by atoms with Crippen LogP contribution in [0.25, 0.3) is 11.5 Å². The molecule has 0 aromatic carbocycles. The minimum Gasteiger partial charge on any atom is -0.481 e. The maximum absolute atomic E-state index is 10.4. The van der Waals surface area contributed by atoms with Crippen molar-refractivity contribution in [2.45, 2.75) is 12.1 Å². The van der Waals surface area contributed by atoms with E-state index in [1.807, 2.05) is 0 Å². The molecule has 2 aromatic rings. The van der Waals surface area contributed by atoms with Crippen LogP contribution in [0.1, 0.15) is 5.76 Å². The molecule has 0 radical (unpaired) electrons. The van der Waals surface area contributed by atoms with Crippen molar-refractivity contribution >= 4 is 17.7 Å². The van der Waals surface area contributed by atoms with Crippen molar-refractivity contribution in [3.63, 3.8) is 0 Å². The molecule has 0 saturated heterocycles. The number of rotatable bonds is 4. The highest BCUT2D eigenvalue weighted by Gasteiger charge is 2.16. The zero-order chi connectivity index (χ0) is 12.4. The van der Waals surface area contributed by atoms with Crippen molar-refractivity contribution in [3.8, 4) is 11.5 Å². The summed E-state index contributed by atoms with van der Waals surface area (Å²) in [5.41, 5.74) is 0.458. The van der Waals surface area contributed by atoms with Crippen molar-refractivity contribution < 1.29 is 14.4 Å². The predicted molar refractivity (Wildman–Crippen MR) is 58.8 cm³/mol. The number of hydrogen-bond acceptors (Lipinski definition) is 7. The highest BCUT2D eigenvalue weighted by Crippen LogP contribution is 2.20. The normalized spacial score (nSPS) is 10.6. The first-order chi connectivity index (χ1) is 8.08. The number of nitrogen functional groups attached to an aromatic ring is 1. The van der Waals surface area contributed by atoms with Crippen LogP contribution >= 0.6 is 11.8 Å². The molecule has 2 rings (SSSR count). The van der Waals surface area contributed by atoms with Gasteiger partial charge < -0.3 is 15.5 Å². The van der Waals surface area contributed by atoms with Crippen LogP contribution in [0, 0.1) is 6.92 Å². The zero-order valence-corrected chi connectivity index (χ0v) is 9.64. The first kappa shape index (κ1) is 11.5. The van der Waals surface area contributed by atoms with Gasteiger partial charge in [-0.05, 0) is 6.92 Å². The van der Waals surface area contributed by atoms with Crippen LogP contribution in [0.4, 0.5) is 0 Å². The highest BCUT2D eigenvalue weighted by molar-refractivity contribution is 7.99. The molecule has 0 bridgehead atoms. The number of hydrogen-bond donors (Lipinski definition) is 2. The summed E-state index contributed by atoms with van der Waals surface area (Å²) >= 11 is 0.984. The number of carboxylic acids is 1. The summed E-state index contributed by atoms with van der Waals surface area (Å²) in [6.07, 6.45) is 0. The number of carbonyl (C=O) groups is 1. The minimum absolute atomic E-state index is 0.132. The molecule has 3 N–H and O–H groups in total. The van der Waals surface area contributed by atoms with Gasteiger partial charge in [-0.1, -0.05) is 16.9 Å². The van der Waals surface area contributed by atoms with E-state index in [2.05, 4.69) is 15.4 Å². The van der Waals surface area contributed by atoms with Gasteiger partial charge in [0, 0.05) is 6.07 Å².